The lowest BCUT2D eigenvalue weighted by molar-refractivity contribution is -0.0517. The van der Waals surface area contributed by atoms with Crippen molar-refractivity contribution in [2.24, 2.45) is 0 Å². The molecule has 0 aromatic carbocycles. The molecule has 2 atom stereocenters. The number of methoxy groups -OCH3 is 1. The fraction of sp³-hybridized carbons (Fsp3) is 0.875. The minimum absolute atomic E-state index is 0.0637. The Labute approximate surface area is 66.7 Å². The van der Waals surface area contributed by atoms with Crippen molar-refractivity contribution in [2.45, 2.75) is 31.5 Å². The molecule has 0 spiro atoms. The SMILES string of the molecule is COC([C]=O)C1CCCCO1. The largest absolute Gasteiger partial charge is 0.375 e. The fourth-order valence-electron chi connectivity index (χ4n) is 1.28. The highest BCUT2D eigenvalue weighted by molar-refractivity contribution is 5.58. The summed E-state index contributed by atoms with van der Waals surface area (Å²) in [5.74, 6) is 0. The Morgan fingerprint density at radius 1 is 1.64 bits per heavy atom. The first-order valence-electron chi connectivity index (χ1n) is 3.90. The van der Waals surface area contributed by atoms with Crippen molar-refractivity contribution in [3.05, 3.63) is 0 Å². The van der Waals surface area contributed by atoms with Crippen LogP contribution in [-0.2, 0) is 14.3 Å². The maximum atomic E-state index is 10.3. The highest BCUT2D eigenvalue weighted by Crippen LogP contribution is 2.16. The molecule has 0 N–H and O–H groups in total. The second-order valence-corrected chi connectivity index (χ2v) is 2.68. The average molecular weight is 157 g/mol. The minimum Gasteiger partial charge on any atom is -0.375 e. The highest BCUT2D eigenvalue weighted by Gasteiger charge is 2.24. The molecule has 0 saturated carbocycles. The number of hydrogen-bond acceptors (Lipinski definition) is 3. The van der Waals surface area contributed by atoms with Gasteiger partial charge < -0.3 is 9.47 Å². The summed E-state index contributed by atoms with van der Waals surface area (Å²) in [5, 5.41) is 0. The van der Waals surface area contributed by atoms with Crippen LogP contribution in [0.25, 0.3) is 0 Å². The third-order valence-electron chi connectivity index (χ3n) is 1.92. The zero-order chi connectivity index (χ0) is 8.10. The zero-order valence-corrected chi connectivity index (χ0v) is 6.71. The summed E-state index contributed by atoms with van der Waals surface area (Å²) in [7, 11) is 1.51. The van der Waals surface area contributed by atoms with E-state index in [1.807, 2.05) is 6.29 Å². The fourth-order valence-corrected chi connectivity index (χ4v) is 1.28. The molecule has 1 saturated heterocycles. The molecule has 3 heteroatoms. The lowest BCUT2D eigenvalue weighted by Crippen LogP contribution is -2.34. The van der Waals surface area contributed by atoms with E-state index >= 15 is 0 Å². The molecule has 0 aromatic heterocycles. The normalized spacial score (nSPS) is 27.9. The van der Waals surface area contributed by atoms with Gasteiger partial charge in [0.1, 0.15) is 6.10 Å². The summed E-state index contributed by atoms with van der Waals surface area (Å²) in [5.41, 5.74) is 0. The smallest absolute Gasteiger partial charge is 0.232 e. The van der Waals surface area contributed by atoms with Gasteiger partial charge in [0, 0.05) is 13.7 Å². The van der Waals surface area contributed by atoms with Gasteiger partial charge in [-0.1, -0.05) is 0 Å². The van der Waals surface area contributed by atoms with E-state index in [-0.39, 0.29) is 6.10 Å². The lowest BCUT2D eigenvalue weighted by Gasteiger charge is -2.25. The molecule has 1 aliphatic rings. The second-order valence-electron chi connectivity index (χ2n) is 2.68. The van der Waals surface area contributed by atoms with Crippen LogP contribution in [0.5, 0.6) is 0 Å². The molecule has 0 aromatic rings. The van der Waals surface area contributed by atoms with Crippen molar-refractivity contribution in [2.75, 3.05) is 13.7 Å². The molecule has 1 aliphatic heterocycles. The molecule has 0 aliphatic carbocycles. The first-order chi connectivity index (χ1) is 5.38. The van der Waals surface area contributed by atoms with Crippen LogP contribution in [0.4, 0.5) is 0 Å². The first-order valence-corrected chi connectivity index (χ1v) is 3.90. The third kappa shape index (κ3) is 2.27. The highest BCUT2D eigenvalue weighted by atomic mass is 16.5. The van der Waals surface area contributed by atoms with Crippen molar-refractivity contribution in [1.82, 2.24) is 0 Å². The number of carbonyl (C=O) groups excluding carboxylic acids is 1. The van der Waals surface area contributed by atoms with Crippen LogP contribution in [-0.4, -0.2) is 32.2 Å². The lowest BCUT2D eigenvalue weighted by atomic mass is 10.1. The predicted octanol–water partition coefficient (Wildman–Crippen LogP) is 0.680. The minimum atomic E-state index is -0.490. The topological polar surface area (TPSA) is 35.5 Å². The quantitative estimate of drug-likeness (QED) is 0.604. The third-order valence-corrected chi connectivity index (χ3v) is 1.92. The predicted molar refractivity (Wildman–Crippen MR) is 40.1 cm³/mol. The maximum Gasteiger partial charge on any atom is 0.232 e. The molecule has 2 unspecified atom stereocenters. The average Bonchev–Trinajstić information content (AvgIpc) is 2.09. The number of rotatable bonds is 3. The van der Waals surface area contributed by atoms with Crippen LogP contribution in [0.15, 0.2) is 0 Å². The van der Waals surface area contributed by atoms with E-state index in [0.717, 1.165) is 25.9 Å². The Morgan fingerprint density at radius 2 is 2.45 bits per heavy atom. The van der Waals surface area contributed by atoms with E-state index in [9.17, 15) is 4.79 Å². The van der Waals surface area contributed by atoms with E-state index < -0.39 is 6.10 Å². The summed E-state index contributed by atoms with van der Waals surface area (Å²) in [4.78, 5) is 10.3. The number of ether oxygens (including phenoxy) is 2. The Hall–Kier alpha value is -0.410. The Bertz CT molecular complexity index is 119. The Morgan fingerprint density at radius 3 is 2.91 bits per heavy atom. The van der Waals surface area contributed by atoms with Gasteiger partial charge in [-0.15, -0.1) is 0 Å². The van der Waals surface area contributed by atoms with Gasteiger partial charge in [-0.2, -0.15) is 0 Å². The van der Waals surface area contributed by atoms with Crippen LogP contribution in [0.2, 0.25) is 0 Å². The van der Waals surface area contributed by atoms with Crippen molar-refractivity contribution in [3.8, 4) is 0 Å². The molecule has 1 fully saturated rings. The molecular formula is C8H13O3. The summed E-state index contributed by atoms with van der Waals surface area (Å²) < 4.78 is 10.2. The van der Waals surface area contributed by atoms with Gasteiger partial charge in [0.05, 0.1) is 6.10 Å². The van der Waals surface area contributed by atoms with E-state index in [1.165, 1.54) is 7.11 Å². The van der Waals surface area contributed by atoms with Crippen molar-refractivity contribution >= 4 is 6.29 Å². The van der Waals surface area contributed by atoms with Crippen LogP contribution >= 0.6 is 0 Å². The molecule has 11 heavy (non-hydrogen) atoms. The molecule has 0 bridgehead atoms. The van der Waals surface area contributed by atoms with Crippen LogP contribution < -0.4 is 0 Å². The van der Waals surface area contributed by atoms with Crippen molar-refractivity contribution in [1.29, 1.82) is 0 Å². The number of hydrogen-bond donors (Lipinski definition) is 0. The summed E-state index contributed by atoms with van der Waals surface area (Å²) in [6, 6.07) is 0. The van der Waals surface area contributed by atoms with Gasteiger partial charge in [0.15, 0.2) is 0 Å². The molecule has 1 heterocycles. The van der Waals surface area contributed by atoms with Gasteiger partial charge in [-0.25, -0.2) is 0 Å². The van der Waals surface area contributed by atoms with Gasteiger partial charge in [-0.3, -0.25) is 4.79 Å². The van der Waals surface area contributed by atoms with E-state index in [0.29, 0.717) is 0 Å². The first kappa shape index (κ1) is 8.68. The van der Waals surface area contributed by atoms with E-state index in [4.69, 9.17) is 9.47 Å². The van der Waals surface area contributed by atoms with Gasteiger partial charge in [0.25, 0.3) is 0 Å². The van der Waals surface area contributed by atoms with Gasteiger partial charge in [-0.05, 0) is 19.3 Å². The molecule has 63 valence electrons. The second kappa shape index (κ2) is 4.46. The van der Waals surface area contributed by atoms with Crippen molar-refractivity contribution < 1.29 is 14.3 Å². The Kier molecular flexibility index (Phi) is 3.52. The molecule has 3 nitrogen and oxygen atoms in total. The maximum absolute atomic E-state index is 10.3. The summed E-state index contributed by atoms with van der Waals surface area (Å²) in [6.45, 7) is 0.742. The zero-order valence-electron chi connectivity index (χ0n) is 6.71. The summed E-state index contributed by atoms with van der Waals surface area (Å²) >= 11 is 0. The van der Waals surface area contributed by atoms with Crippen LogP contribution in [0, 0.1) is 0 Å². The molecule has 1 rings (SSSR count). The standard InChI is InChI=1S/C8H13O3/c1-10-8(6-9)7-4-2-3-5-11-7/h7-8H,2-5H2,1H3. The van der Waals surface area contributed by atoms with Crippen LogP contribution in [0.3, 0.4) is 0 Å². The van der Waals surface area contributed by atoms with E-state index in [2.05, 4.69) is 0 Å². The Balaban J connectivity index is 2.35. The monoisotopic (exact) mass is 157 g/mol. The van der Waals surface area contributed by atoms with Gasteiger partial charge >= 0.3 is 0 Å². The van der Waals surface area contributed by atoms with Crippen molar-refractivity contribution in [3.63, 3.8) is 0 Å². The molecular weight excluding hydrogens is 144 g/mol. The van der Waals surface area contributed by atoms with E-state index in [1.54, 1.807) is 0 Å². The van der Waals surface area contributed by atoms with Gasteiger partial charge in [0.2, 0.25) is 6.29 Å². The van der Waals surface area contributed by atoms with Crippen LogP contribution in [0.1, 0.15) is 19.3 Å². The molecule has 1 radical (unpaired) electrons. The summed E-state index contributed by atoms with van der Waals surface area (Å²) in [6.07, 6.45) is 4.39. The molecule has 0 amide bonds.